The number of aryl methyl sites for hydroxylation is 1. The monoisotopic (exact) mass is 332 g/mol. The van der Waals surface area contributed by atoms with Gasteiger partial charge < -0.3 is 10.6 Å². The van der Waals surface area contributed by atoms with E-state index in [0.717, 1.165) is 45.3 Å². The van der Waals surface area contributed by atoms with Crippen LogP contribution in [0, 0.1) is 12.8 Å². The number of piperidine rings is 1. The second-order valence-electron chi connectivity index (χ2n) is 7.04. The summed E-state index contributed by atoms with van der Waals surface area (Å²) in [6.45, 7) is 5.09. The first-order valence-corrected chi connectivity index (χ1v) is 9.74. The first-order chi connectivity index (χ1) is 11.2. The molecule has 0 aromatic heterocycles. The molecule has 2 N–H and O–H groups in total. The standard InChI is InChI=1S/C19H28N2OS/c1-15-6-8-17(9-7-15)23-19(10-2-3-11-19)18(22)21-14-16-5-4-12-20-13-16/h6-9,16,20H,2-5,10-14H2,1H3,(H,21,22). The summed E-state index contributed by atoms with van der Waals surface area (Å²) in [6.07, 6.45) is 6.78. The molecule has 1 aromatic carbocycles. The lowest BCUT2D eigenvalue weighted by Crippen LogP contribution is -2.46. The van der Waals surface area contributed by atoms with Gasteiger partial charge in [0.25, 0.3) is 0 Å². The number of hydrogen-bond donors (Lipinski definition) is 2. The third kappa shape index (κ3) is 4.30. The maximum atomic E-state index is 12.9. The summed E-state index contributed by atoms with van der Waals surface area (Å²) in [7, 11) is 0. The molecule has 2 fully saturated rings. The smallest absolute Gasteiger partial charge is 0.236 e. The largest absolute Gasteiger partial charge is 0.355 e. The Morgan fingerprint density at radius 3 is 2.65 bits per heavy atom. The Bertz CT molecular complexity index is 517. The van der Waals surface area contributed by atoms with Gasteiger partial charge in [-0.1, -0.05) is 30.5 Å². The van der Waals surface area contributed by atoms with Crippen LogP contribution in [0.25, 0.3) is 0 Å². The van der Waals surface area contributed by atoms with E-state index in [-0.39, 0.29) is 10.7 Å². The number of carbonyl (C=O) groups excluding carboxylic acids is 1. The van der Waals surface area contributed by atoms with Crippen LogP contribution in [0.3, 0.4) is 0 Å². The van der Waals surface area contributed by atoms with Crippen molar-refractivity contribution in [2.24, 2.45) is 5.92 Å². The molecular weight excluding hydrogens is 304 g/mol. The summed E-state index contributed by atoms with van der Waals surface area (Å²) in [6, 6.07) is 8.57. The van der Waals surface area contributed by atoms with Crippen molar-refractivity contribution in [3.63, 3.8) is 0 Å². The Hall–Kier alpha value is -1.00. The lowest BCUT2D eigenvalue weighted by molar-refractivity contribution is -0.123. The molecule has 23 heavy (non-hydrogen) atoms. The molecule has 0 spiro atoms. The van der Waals surface area contributed by atoms with Gasteiger partial charge >= 0.3 is 0 Å². The highest BCUT2D eigenvalue weighted by Crippen LogP contribution is 2.45. The number of hydrogen-bond acceptors (Lipinski definition) is 3. The van der Waals surface area contributed by atoms with Gasteiger partial charge in [0.1, 0.15) is 0 Å². The lowest BCUT2D eigenvalue weighted by atomic mass is 9.99. The molecule has 1 aromatic rings. The molecule has 1 atom stereocenters. The van der Waals surface area contributed by atoms with E-state index in [4.69, 9.17) is 0 Å². The molecule has 2 aliphatic rings. The van der Waals surface area contributed by atoms with Crippen molar-refractivity contribution in [3.8, 4) is 0 Å². The molecular formula is C19H28N2OS. The minimum Gasteiger partial charge on any atom is -0.355 e. The zero-order valence-electron chi connectivity index (χ0n) is 14.1. The fourth-order valence-corrected chi connectivity index (χ4v) is 5.03. The average molecular weight is 333 g/mol. The molecule has 1 aliphatic heterocycles. The van der Waals surface area contributed by atoms with Crippen molar-refractivity contribution in [1.29, 1.82) is 0 Å². The van der Waals surface area contributed by atoms with Gasteiger partial charge in [0.15, 0.2) is 0 Å². The molecule has 1 amide bonds. The number of benzene rings is 1. The summed E-state index contributed by atoms with van der Waals surface area (Å²) in [5, 5.41) is 6.69. The lowest BCUT2D eigenvalue weighted by Gasteiger charge is -2.29. The molecule has 1 aliphatic carbocycles. The van der Waals surface area contributed by atoms with Gasteiger partial charge in [0.2, 0.25) is 5.91 Å². The van der Waals surface area contributed by atoms with E-state index in [9.17, 15) is 4.79 Å². The van der Waals surface area contributed by atoms with Gasteiger partial charge in [-0.2, -0.15) is 0 Å². The summed E-state index contributed by atoms with van der Waals surface area (Å²) in [5.74, 6) is 0.849. The number of thioether (sulfide) groups is 1. The number of amides is 1. The van der Waals surface area contributed by atoms with E-state index in [1.807, 2.05) is 0 Å². The third-order valence-corrected chi connectivity index (χ3v) is 6.60. The summed E-state index contributed by atoms with van der Waals surface area (Å²) in [5.41, 5.74) is 1.27. The summed E-state index contributed by atoms with van der Waals surface area (Å²) >= 11 is 1.77. The van der Waals surface area contributed by atoms with Crippen LogP contribution in [-0.2, 0) is 4.79 Å². The van der Waals surface area contributed by atoms with E-state index in [0.29, 0.717) is 5.92 Å². The molecule has 1 saturated heterocycles. The SMILES string of the molecule is Cc1ccc(SC2(C(=O)NCC3CCCNC3)CCCC2)cc1. The highest BCUT2D eigenvalue weighted by molar-refractivity contribution is 8.01. The molecule has 1 heterocycles. The second kappa shape index (κ2) is 7.71. The average Bonchev–Trinajstić information content (AvgIpc) is 3.05. The van der Waals surface area contributed by atoms with Crippen molar-refractivity contribution in [2.45, 2.75) is 55.1 Å². The highest BCUT2D eigenvalue weighted by Gasteiger charge is 2.42. The molecule has 4 heteroatoms. The Balaban J connectivity index is 1.62. The molecule has 3 nitrogen and oxygen atoms in total. The molecule has 1 unspecified atom stereocenters. The van der Waals surface area contributed by atoms with Gasteiger partial charge in [0.05, 0.1) is 4.75 Å². The molecule has 126 valence electrons. The van der Waals surface area contributed by atoms with E-state index in [1.54, 1.807) is 11.8 Å². The molecule has 1 saturated carbocycles. The van der Waals surface area contributed by atoms with Crippen LogP contribution in [0.4, 0.5) is 0 Å². The molecule has 0 bridgehead atoms. The van der Waals surface area contributed by atoms with Crippen LogP contribution in [0.2, 0.25) is 0 Å². The maximum absolute atomic E-state index is 12.9. The maximum Gasteiger partial charge on any atom is 0.236 e. The zero-order valence-corrected chi connectivity index (χ0v) is 14.9. The zero-order chi connectivity index (χ0) is 16.1. The van der Waals surface area contributed by atoms with Crippen molar-refractivity contribution in [1.82, 2.24) is 10.6 Å². The van der Waals surface area contributed by atoms with Crippen molar-refractivity contribution in [2.75, 3.05) is 19.6 Å². The summed E-state index contributed by atoms with van der Waals surface area (Å²) < 4.78 is -0.253. The number of nitrogens with one attached hydrogen (secondary N) is 2. The highest BCUT2D eigenvalue weighted by atomic mass is 32.2. The van der Waals surface area contributed by atoms with E-state index in [1.165, 1.54) is 23.3 Å². The predicted molar refractivity (Wildman–Crippen MR) is 96.8 cm³/mol. The van der Waals surface area contributed by atoms with E-state index in [2.05, 4.69) is 41.8 Å². The van der Waals surface area contributed by atoms with Crippen molar-refractivity contribution < 1.29 is 4.79 Å². The fraction of sp³-hybridized carbons (Fsp3) is 0.632. The fourth-order valence-electron chi connectivity index (χ4n) is 3.65. The first-order valence-electron chi connectivity index (χ1n) is 8.93. The van der Waals surface area contributed by atoms with Gasteiger partial charge in [-0.05, 0) is 63.7 Å². The topological polar surface area (TPSA) is 41.1 Å². The minimum absolute atomic E-state index is 0.253. The minimum atomic E-state index is -0.253. The van der Waals surface area contributed by atoms with Crippen LogP contribution in [0.15, 0.2) is 29.2 Å². The van der Waals surface area contributed by atoms with Crippen molar-refractivity contribution in [3.05, 3.63) is 29.8 Å². The summed E-state index contributed by atoms with van der Waals surface area (Å²) in [4.78, 5) is 14.1. The Labute approximate surface area is 144 Å². The van der Waals surface area contributed by atoms with Crippen molar-refractivity contribution >= 4 is 17.7 Å². The normalized spacial score (nSPS) is 23.6. The molecule has 3 rings (SSSR count). The Morgan fingerprint density at radius 2 is 2.00 bits per heavy atom. The first kappa shape index (κ1) is 16.8. The second-order valence-corrected chi connectivity index (χ2v) is 8.50. The van der Waals surface area contributed by atoms with Crippen LogP contribution in [0.1, 0.15) is 44.1 Å². The van der Waals surface area contributed by atoms with Crippen LogP contribution in [0.5, 0.6) is 0 Å². The van der Waals surface area contributed by atoms with Gasteiger partial charge in [-0.25, -0.2) is 0 Å². The Morgan fingerprint density at radius 1 is 1.26 bits per heavy atom. The van der Waals surface area contributed by atoms with Crippen LogP contribution in [-0.4, -0.2) is 30.3 Å². The van der Waals surface area contributed by atoms with E-state index < -0.39 is 0 Å². The third-order valence-electron chi connectivity index (χ3n) is 5.11. The number of rotatable bonds is 5. The van der Waals surface area contributed by atoms with Gasteiger partial charge in [-0.15, -0.1) is 11.8 Å². The van der Waals surface area contributed by atoms with Gasteiger partial charge in [-0.3, -0.25) is 4.79 Å². The van der Waals surface area contributed by atoms with Crippen LogP contribution >= 0.6 is 11.8 Å². The van der Waals surface area contributed by atoms with Crippen LogP contribution < -0.4 is 10.6 Å². The number of carbonyl (C=O) groups is 1. The van der Waals surface area contributed by atoms with Gasteiger partial charge in [0, 0.05) is 11.4 Å². The van der Waals surface area contributed by atoms with E-state index >= 15 is 0 Å². The molecule has 0 radical (unpaired) electrons. The Kier molecular flexibility index (Phi) is 5.65. The predicted octanol–water partition coefficient (Wildman–Crippen LogP) is 3.52. The quantitative estimate of drug-likeness (QED) is 0.867.